The Balaban J connectivity index is 1.46. The van der Waals surface area contributed by atoms with Gasteiger partial charge in [0.15, 0.2) is 5.82 Å². The van der Waals surface area contributed by atoms with Gasteiger partial charge in [0.1, 0.15) is 6.33 Å². The maximum atomic E-state index is 12.5. The molecular weight excluding hydrogens is 278 g/mol. The number of aromatic nitrogens is 3. The number of nitrogens with zero attached hydrogens (tertiary/aromatic N) is 2. The number of carbonyl (C=O) groups is 1. The van der Waals surface area contributed by atoms with Crippen LogP contribution < -0.4 is 11.1 Å². The molecule has 2 aromatic rings. The SMILES string of the molecule is NC1C2CCC(C2)C1C(=O)Nc1ccc(-c2ncn[nH]2)cc1. The summed E-state index contributed by atoms with van der Waals surface area (Å²) in [6, 6.07) is 7.61. The fraction of sp³-hybridized carbons (Fsp3) is 0.438. The molecule has 114 valence electrons. The second kappa shape index (κ2) is 5.21. The highest BCUT2D eigenvalue weighted by molar-refractivity contribution is 5.93. The normalized spacial score (nSPS) is 29.7. The van der Waals surface area contributed by atoms with Crippen LogP contribution in [0.25, 0.3) is 11.4 Å². The summed E-state index contributed by atoms with van der Waals surface area (Å²) in [6.07, 6.45) is 4.91. The molecule has 4 rings (SSSR count). The Labute approximate surface area is 128 Å². The minimum atomic E-state index is -0.0345. The van der Waals surface area contributed by atoms with Gasteiger partial charge in [0, 0.05) is 17.3 Å². The number of hydrogen-bond acceptors (Lipinski definition) is 4. The number of nitrogens with two attached hydrogens (primary N) is 1. The molecule has 2 saturated carbocycles. The van der Waals surface area contributed by atoms with Crippen LogP contribution in [0, 0.1) is 17.8 Å². The van der Waals surface area contributed by atoms with Gasteiger partial charge >= 0.3 is 0 Å². The number of anilines is 1. The zero-order chi connectivity index (χ0) is 15.1. The Morgan fingerprint density at radius 3 is 2.64 bits per heavy atom. The molecule has 4 atom stereocenters. The number of aromatic amines is 1. The molecular formula is C16H19N5O. The largest absolute Gasteiger partial charge is 0.327 e. The van der Waals surface area contributed by atoms with E-state index in [0.717, 1.165) is 24.1 Å². The standard InChI is InChI=1S/C16H19N5O/c17-14-11-2-1-10(7-11)13(14)16(22)20-12-5-3-9(4-6-12)15-18-8-19-21-15/h3-6,8,10-11,13-14H,1-2,7,17H2,(H,20,22)(H,18,19,21). The highest BCUT2D eigenvalue weighted by atomic mass is 16.2. The lowest BCUT2D eigenvalue weighted by molar-refractivity contribution is -0.121. The van der Waals surface area contributed by atoms with Crippen LogP contribution in [-0.2, 0) is 4.79 Å². The summed E-state index contributed by atoms with van der Waals surface area (Å²) in [6.45, 7) is 0. The molecule has 4 unspecified atom stereocenters. The van der Waals surface area contributed by atoms with Gasteiger partial charge in [-0.1, -0.05) is 0 Å². The van der Waals surface area contributed by atoms with Gasteiger partial charge in [-0.2, -0.15) is 5.10 Å². The van der Waals surface area contributed by atoms with Gasteiger partial charge in [-0.3, -0.25) is 9.89 Å². The molecule has 0 radical (unpaired) electrons. The smallest absolute Gasteiger partial charge is 0.229 e. The Kier molecular flexibility index (Phi) is 3.18. The molecule has 0 aliphatic heterocycles. The van der Waals surface area contributed by atoms with E-state index in [0.29, 0.717) is 17.7 Å². The van der Waals surface area contributed by atoms with Crippen molar-refractivity contribution < 1.29 is 4.79 Å². The fourth-order valence-electron chi connectivity index (χ4n) is 4.01. The topological polar surface area (TPSA) is 96.7 Å². The maximum absolute atomic E-state index is 12.5. The molecule has 0 saturated heterocycles. The Morgan fingerprint density at radius 2 is 2.00 bits per heavy atom. The summed E-state index contributed by atoms with van der Waals surface area (Å²) in [5, 5.41) is 9.66. The first kappa shape index (κ1) is 13.5. The van der Waals surface area contributed by atoms with Crippen molar-refractivity contribution in [2.75, 3.05) is 5.32 Å². The zero-order valence-electron chi connectivity index (χ0n) is 12.2. The second-order valence-corrected chi connectivity index (χ2v) is 6.34. The first-order valence-electron chi connectivity index (χ1n) is 7.74. The number of amides is 1. The summed E-state index contributed by atoms with van der Waals surface area (Å²) in [5.41, 5.74) is 7.96. The van der Waals surface area contributed by atoms with E-state index in [1.165, 1.54) is 12.7 Å². The van der Waals surface area contributed by atoms with Crippen LogP contribution in [0.5, 0.6) is 0 Å². The van der Waals surface area contributed by atoms with Crippen LogP contribution in [-0.4, -0.2) is 27.1 Å². The quantitative estimate of drug-likeness (QED) is 0.804. The third-order valence-electron chi connectivity index (χ3n) is 5.12. The molecule has 1 aromatic carbocycles. The van der Waals surface area contributed by atoms with Crippen LogP contribution in [0.4, 0.5) is 5.69 Å². The number of H-pyrrole nitrogens is 1. The summed E-state index contributed by atoms with van der Waals surface area (Å²) in [5.74, 6) is 1.75. The Morgan fingerprint density at radius 1 is 1.23 bits per heavy atom. The zero-order valence-corrected chi connectivity index (χ0v) is 12.2. The molecule has 22 heavy (non-hydrogen) atoms. The van der Waals surface area contributed by atoms with Crippen molar-refractivity contribution in [2.45, 2.75) is 25.3 Å². The first-order valence-corrected chi connectivity index (χ1v) is 7.74. The predicted octanol–water partition coefficient (Wildman–Crippen LogP) is 1.78. The molecule has 2 bridgehead atoms. The van der Waals surface area contributed by atoms with Gasteiger partial charge in [-0.25, -0.2) is 4.98 Å². The van der Waals surface area contributed by atoms with Gasteiger partial charge < -0.3 is 11.1 Å². The van der Waals surface area contributed by atoms with E-state index in [-0.39, 0.29) is 17.9 Å². The minimum Gasteiger partial charge on any atom is -0.327 e. The van der Waals surface area contributed by atoms with Gasteiger partial charge in [-0.15, -0.1) is 0 Å². The molecule has 1 aromatic heterocycles. The first-order chi connectivity index (χ1) is 10.7. The summed E-state index contributed by atoms with van der Waals surface area (Å²) < 4.78 is 0. The van der Waals surface area contributed by atoms with E-state index in [1.807, 2.05) is 24.3 Å². The average Bonchev–Trinajstić information content (AvgIpc) is 3.25. The summed E-state index contributed by atoms with van der Waals surface area (Å²) in [7, 11) is 0. The fourth-order valence-corrected chi connectivity index (χ4v) is 4.01. The predicted molar refractivity (Wildman–Crippen MR) is 82.7 cm³/mol. The molecule has 2 aliphatic carbocycles. The van der Waals surface area contributed by atoms with Crippen LogP contribution in [0.1, 0.15) is 19.3 Å². The number of fused-ring (bicyclic) bond motifs is 2. The molecule has 2 aliphatic rings. The molecule has 0 spiro atoms. The van der Waals surface area contributed by atoms with E-state index in [4.69, 9.17) is 5.73 Å². The van der Waals surface area contributed by atoms with Gasteiger partial charge in [0.05, 0.1) is 5.92 Å². The highest BCUT2D eigenvalue weighted by Gasteiger charge is 2.49. The molecule has 6 heteroatoms. The van der Waals surface area contributed by atoms with E-state index in [9.17, 15) is 4.79 Å². The third-order valence-corrected chi connectivity index (χ3v) is 5.12. The molecule has 2 fully saturated rings. The monoisotopic (exact) mass is 297 g/mol. The highest BCUT2D eigenvalue weighted by Crippen LogP contribution is 2.47. The number of nitrogens with one attached hydrogen (secondary N) is 2. The molecule has 1 heterocycles. The van der Waals surface area contributed by atoms with E-state index < -0.39 is 0 Å². The van der Waals surface area contributed by atoms with E-state index in [1.54, 1.807) is 0 Å². The van der Waals surface area contributed by atoms with Crippen molar-refractivity contribution in [3.8, 4) is 11.4 Å². The van der Waals surface area contributed by atoms with Gasteiger partial charge in [-0.05, 0) is 55.4 Å². The van der Waals surface area contributed by atoms with E-state index in [2.05, 4.69) is 20.5 Å². The molecule has 1 amide bonds. The van der Waals surface area contributed by atoms with Crippen molar-refractivity contribution in [3.05, 3.63) is 30.6 Å². The van der Waals surface area contributed by atoms with Gasteiger partial charge in [0.25, 0.3) is 0 Å². The van der Waals surface area contributed by atoms with Crippen molar-refractivity contribution >= 4 is 11.6 Å². The summed E-state index contributed by atoms with van der Waals surface area (Å²) in [4.78, 5) is 16.6. The average molecular weight is 297 g/mol. The lowest BCUT2D eigenvalue weighted by Crippen LogP contribution is -2.42. The lowest BCUT2D eigenvalue weighted by atomic mass is 9.84. The Bertz CT molecular complexity index is 664. The van der Waals surface area contributed by atoms with Crippen molar-refractivity contribution in [2.24, 2.45) is 23.5 Å². The van der Waals surface area contributed by atoms with Gasteiger partial charge in [0.2, 0.25) is 5.91 Å². The van der Waals surface area contributed by atoms with Crippen LogP contribution in [0.15, 0.2) is 30.6 Å². The third kappa shape index (κ3) is 2.20. The van der Waals surface area contributed by atoms with Crippen molar-refractivity contribution in [3.63, 3.8) is 0 Å². The van der Waals surface area contributed by atoms with Crippen LogP contribution >= 0.6 is 0 Å². The molecule has 4 N–H and O–H groups in total. The van der Waals surface area contributed by atoms with Crippen LogP contribution in [0.3, 0.4) is 0 Å². The second-order valence-electron chi connectivity index (χ2n) is 6.34. The lowest BCUT2D eigenvalue weighted by Gasteiger charge is -2.27. The number of carbonyl (C=O) groups excluding carboxylic acids is 1. The number of rotatable bonds is 3. The van der Waals surface area contributed by atoms with Crippen LogP contribution in [0.2, 0.25) is 0 Å². The van der Waals surface area contributed by atoms with E-state index >= 15 is 0 Å². The van der Waals surface area contributed by atoms with Crippen molar-refractivity contribution in [1.29, 1.82) is 0 Å². The van der Waals surface area contributed by atoms with Crippen molar-refractivity contribution in [1.82, 2.24) is 15.2 Å². The Hall–Kier alpha value is -2.21. The number of hydrogen-bond donors (Lipinski definition) is 3. The summed E-state index contributed by atoms with van der Waals surface area (Å²) >= 11 is 0. The maximum Gasteiger partial charge on any atom is 0.229 e. The number of benzene rings is 1. The minimum absolute atomic E-state index is 0.0206. The molecule has 6 nitrogen and oxygen atoms in total.